The Balaban J connectivity index is 2.56. The van der Waals surface area contributed by atoms with Gasteiger partial charge >= 0.3 is 0 Å². The van der Waals surface area contributed by atoms with E-state index in [9.17, 15) is 4.39 Å². The third kappa shape index (κ3) is 2.76. The number of hydrogen-bond acceptors (Lipinski definition) is 1. The van der Waals surface area contributed by atoms with Crippen LogP contribution in [0.4, 0.5) is 4.39 Å². The molecule has 0 aliphatic heterocycles. The first-order valence-electron chi connectivity index (χ1n) is 3.27. The molecule has 0 amide bonds. The van der Waals surface area contributed by atoms with Crippen molar-refractivity contribution in [3.63, 3.8) is 0 Å². The molecule has 0 saturated heterocycles. The molecule has 0 fully saturated rings. The van der Waals surface area contributed by atoms with Gasteiger partial charge in [-0.2, -0.15) is 0 Å². The summed E-state index contributed by atoms with van der Waals surface area (Å²) in [7, 11) is 0. The van der Waals surface area contributed by atoms with Crippen LogP contribution >= 0.6 is 11.6 Å². The fraction of sp³-hybridized carbons (Fsp3) is 0.250. The maximum Gasteiger partial charge on any atom is 0.123 e. The van der Waals surface area contributed by atoms with Crippen LogP contribution in [0.25, 0.3) is 0 Å². The summed E-state index contributed by atoms with van der Waals surface area (Å²) in [5.41, 5.74) is 0. The molecule has 0 aliphatic rings. The van der Waals surface area contributed by atoms with Gasteiger partial charge in [-0.1, -0.05) is 17.7 Å². The van der Waals surface area contributed by atoms with Crippen molar-refractivity contribution in [1.82, 2.24) is 0 Å². The zero-order valence-corrected chi connectivity index (χ0v) is 6.64. The van der Waals surface area contributed by atoms with E-state index in [1.54, 1.807) is 24.3 Å². The van der Waals surface area contributed by atoms with Gasteiger partial charge in [0, 0.05) is 5.02 Å². The van der Waals surface area contributed by atoms with Crippen molar-refractivity contribution in [3.8, 4) is 5.75 Å². The second-order valence-corrected chi connectivity index (χ2v) is 2.43. The van der Waals surface area contributed by atoms with Gasteiger partial charge < -0.3 is 4.74 Å². The Morgan fingerprint density at radius 1 is 1.45 bits per heavy atom. The molecule has 0 heterocycles. The van der Waals surface area contributed by atoms with Gasteiger partial charge in [0.15, 0.2) is 0 Å². The predicted molar refractivity (Wildman–Crippen MR) is 42.9 cm³/mol. The second kappa shape index (κ2) is 4.19. The lowest BCUT2D eigenvalue weighted by Crippen LogP contribution is -1.97. The van der Waals surface area contributed by atoms with E-state index in [2.05, 4.69) is 0 Å². The highest BCUT2D eigenvalue weighted by Crippen LogP contribution is 2.16. The van der Waals surface area contributed by atoms with E-state index in [1.807, 2.05) is 0 Å². The Morgan fingerprint density at radius 3 is 2.91 bits per heavy atom. The van der Waals surface area contributed by atoms with E-state index in [1.165, 1.54) is 0 Å². The van der Waals surface area contributed by atoms with Gasteiger partial charge in [0.2, 0.25) is 0 Å². The van der Waals surface area contributed by atoms with Gasteiger partial charge in [-0.15, -0.1) is 0 Å². The van der Waals surface area contributed by atoms with Crippen LogP contribution in [0.2, 0.25) is 5.02 Å². The van der Waals surface area contributed by atoms with Crippen molar-refractivity contribution >= 4 is 11.6 Å². The molecule has 0 bridgehead atoms. The summed E-state index contributed by atoms with van der Waals surface area (Å²) in [5.74, 6) is 0.607. The van der Waals surface area contributed by atoms with Crippen LogP contribution in [0.15, 0.2) is 24.3 Å². The van der Waals surface area contributed by atoms with Gasteiger partial charge in [-0.3, -0.25) is 0 Å². The molecular formula is C8H8ClFO. The standard InChI is InChI=1S/C8H8ClFO/c9-7-2-1-3-8(6-7)11-5-4-10/h1-3,6H,4-5H2. The highest BCUT2D eigenvalue weighted by molar-refractivity contribution is 6.30. The number of alkyl halides is 1. The molecule has 0 unspecified atom stereocenters. The van der Waals surface area contributed by atoms with E-state index in [4.69, 9.17) is 16.3 Å². The van der Waals surface area contributed by atoms with Crippen molar-refractivity contribution in [2.45, 2.75) is 0 Å². The lowest BCUT2D eigenvalue weighted by atomic mass is 10.3. The molecule has 0 aliphatic carbocycles. The normalized spacial score (nSPS) is 9.64. The molecule has 0 atom stereocenters. The molecule has 0 radical (unpaired) electrons. The Labute approximate surface area is 69.7 Å². The number of hydrogen-bond donors (Lipinski definition) is 0. The van der Waals surface area contributed by atoms with Crippen molar-refractivity contribution in [2.75, 3.05) is 13.3 Å². The average Bonchev–Trinajstić information content (AvgIpc) is 2.01. The third-order valence-electron chi connectivity index (χ3n) is 1.14. The number of ether oxygens (including phenoxy) is 1. The topological polar surface area (TPSA) is 9.23 Å². The largest absolute Gasteiger partial charge is 0.491 e. The minimum Gasteiger partial charge on any atom is -0.491 e. The zero-order chi connectivity index (χ0) is 8.10. The van der Waals surface area contributed by atoms with E-state index < -0.39 is 6.67 Å². The first-order chi connectivity index (χ1) is 5.33. The molecule has 3 heteroatoms. The number of rotatable bonds is 3. The quantitative estimate of drug-likeness (QED) is 0.685. The van der Waals surface area contributed by atoms with Gasteiger partial charge in [0.1, 0.15) is 19.0 Å². The SMILES string of the molecule is FCCOc1cccc(Cl)c1. The first kappa shape index (κ1) is 8.34. The zero-order valence-electron chi connectivity index (χ0n) is 5.89. The molecule has 11 heavy (non-hydrogen) atoms. The van der Waals surface area contributed by atoms with Gasteiger partial charge in [-0.25, -0.2) is 4.39 Å². The summed E-state index contributed by atoms with van der Waals surface area (Å²) in [6.45, 7) is -0.396. The van der Waals surface area contributed by atoms with Crippen molar-refractivity contribution in [2.24, 2.45) is 0 Å². The van der Waals surface area contributed by atoms with Gasteiger partial charge in [0.05, 0.1) is 0 Å². The van der Waals surface area contributed by atoms with Crippen LogP contribution in [0, 0.1) is 0 Å². The average molecular weight is 175 g/mol. The lowest BCUT2D eigenvalue weighted by molar-refractivity contribution is 0.273. The maximum absolute atomic E-state index is 11.6. The van der Waals surface area contributed by atoms with E-state index in [0.29, 0.717) is 10.8 Å². The molecule has 0 saturated carbocycles. The van der Waals surface area contributed by atoms with Crippen LogP contribution < -0.4 is 4.74 Å². The molecule has 60 valence electrons. The molecule has 0 N–H and O–H groups in total. The third-order valence-corrected chi connectivity index (χ3v) is 1.38. The van der Waals surface area contributed by atoms with E-state index in [-0.39, 0.29) is 6.61 Å². The minimum atomic E-state index is -0.480. The molecule has 1 aromatic carbocycles. The maximum atomic E-state index is 11.6. The van der Waals surface area contributed by atoms with Crippen LogP contribution in [-0.2, 0) is 0 Å². The van der Waals surface area contributed by atoms with Gasteiger partial charge in [0.25, 0.3) is 0 Å². The summed E-state index contributed by atoms with van der Waals surface area (Å²) in [4.78, 5) is 0. The smallest absolute Gasteiger partial charge is 0.123 e. The van der Waals surface area contributed by atoms with Crippen LogP contribution in [-0.4, -0.2) is 13.3 Å². The molecule has 1 rings (SSSR count). The summed E-state index contributed by atoms with van der Waals surface area (Å²) in [5, 5.41) is 0.598. The Hall–Kier alpha value is -0.760. The Bertz CT molecular complexity index is 227. The van der Waals surface area contributed by atoms with Crippen LogP contribution in [0.3, 0.4) is 0 Å². The Morgan fingerprint density at radius 2 is 2.27 bits per heavy atom. The second-order valence-electron chi connectivity index (χ2n) is 1.99. The minimum absolute atomic E-state index is 0.0837. The summed E-state index contributed by atoms with van der Waals surface area (Å²) in [6, 6.07) is 6.89. The van der Waals surface area contributed by atoms with Crippen LogP contribution in [0.5, 0.6) is 5.75 Å². The highest BCUT2D eigenvalue weighted by atomic mass is 35.5. The van der Waals surface area contributed by atoms with Crippen molar-refractivity contribution in [3.05, 3.63) is 29.3 Å². The lowest BCUT2D eigenvalue weighted by Gasteiger charge is -2.02. The molecule has 1 aromatic rings. The fourth-order valence-electron chi connectivity index (χ4n) is 0.713. The van der Waals surface area contributed by atoms with Crippen LogP contribution in [0.1, 0.15) is 0 Å². The highest BCUT2D eigenvalue weighted by Gasteiger charge is 1.92. The summed E-state index contributed by atoms with van der Waals surface area (Å²) >= 11 is 5.65. The molecule has 0 spiro atoms. The monoisotopic (exact) mass is 174 g/mol. The van der Waals surface area contributed by atoms with Gasteiger partial charge in [-0.05, 0) is 18.2 Å². The van der Waals surface area contributed by atoms with Crippen molar-refractivity contribution < 1.29 is 9.13 Å². The number of halogens is 2. The van der Waals surface area contributed by atoms with E-state index >= 15 is 0 Å². The Kier molecular flexibility index (Phi) is 3.17. The number of benzene rings is 1. The van der Waals surface area contributed by atoms with Crippen molar-refractivity contribution in [1.29, 1.82) is 0 Å². The predicted octanol–water partition coefficient (Wildman–Crippen LogP) is 2.69. The first-order valence-corrected chi connectivity index (χ1v) is 3.65. The molecule has 0 aromatic heterocycles. The van der Waals surface area contributed by atoms with E-state index in [0.717, 1.165) is 0 Å². The molecular weight excluding hydrogens is 167 g/mol. The molecule has 1 nitrogen and oxygen atoms in total. The summed E-state index contributed by atoms with van der Waals surface area (Å²) < 4.78 is 16.6. The summed E-state index contributed by atoms with van der Waals surface area (Å²) in [6.07, 6.45) is 0. The fourth-order valence-corrected chi connectivity index (χ4v) is 0.893.